The van der Waals surface area contributed by atoms with Crippen LogP contribution in [0.25, 0.3) is 0 Å². The molecular formula is C12H11N3O3S. The Labute approximate surface area is 113 Å². The molecule has 1 heterocycles. The van der Waals surface area contributed by atoms with Crippen molar-refractivity contribution in [3.8, 4) is 0 Å². The average Bonchev–Trinajstić information content (AvgIpc) is 2.70. The van der Waals surface area contributed by atoms with Gasteiger partial charge in [-0.2, -0.15) is 4.37 Å². The van der Waals surface area contributed by atoms with Crippen molar-refractivity contribution >= 4 is 34.1 Å². The topological polar surface area (TPSA) is 105 Å². The van der Waals surface area contributed by atoms with Crippen molar-refractivity contribution in [1.82, 2.24) is 4.37 Å². The van der Waals surface area contributed by atoms with Crippen LogP contribution in [0.4, 0.5) is 10.7 Å². The number of aromatic carboxylic acids is 1. The van der Waals surface area contributed by atoms with Crippen LogP contribution in [0, 0.1) is 6.92 Å². The van der Waals surface area contributed by atoms with E-state index < -0.39 is 11.9 Å². The van der Waals surface area contributed by atoms with E-state index in [0.29, 0.717) is 16.9 Å². The maximum Gasteiger partial charge on any atom is 0.340 e. The molecule has 0 unspecified atom stereocenters. The third-order valence-corrected chi connectivity index (χ3v) is 3.36. The number of nitrogens with two attached hydrogens (primary N) is 1. The van der Waals surface area contributed by atoms with Gasteiger partial charge in [0.2, 0.25) is 0 Å². The Morgan fingerprint density at radius 1 is 1.37 bits per heavy atom. The molecule has 6 nitrogen and oxygen atoms in total. The lowest BCUT2D eigenvalue weighted by molar-refractivity contribution is 0.0697. The van der Waals surface area contributed by atoms with E-state index in [-0.39, 0.29) is 10.6 Å². The first-order valence-electron chi connectivity index (χ1n) is 5.36. The molecule has 0 atom stereocenters. The highest BCUT2D eigenvalue weighted by molar-refractivity contribution is 7.11. The molecular weight excluding hydrogens is 266 g/mol. The molecule has 0 fully saturated rings. The molecule has 0 saturated carbocycles. The number of carbonyl (C=O) groups excluding carboxylic acids is 1. The number of rotatable bonds is 3. The van der Waals surface area contributed by atoms with Crippen molar-refractivity contribution in [2.24, 2.45) is 0 Å². The SMILES string of the molecule is Cc1nsc(NC(=O)c2ccccc2N)c1C(=O)O. The second kappa shape index (κ2) is 5.07. The molecule has 19 heavy (non-hydrogen) atoms. The minimum atomic E-state index is -1.12. The number of aromatic nitrogens is 1. The number of amides is 1. The van der Waals surface area contributed by atoms with Crippen LogP contribution in [0.5, 0.6) is 0 Å². The summed E-state index contributed by atoms with van der Waals surface area (Å²) in [5, 5.41) is 11.8. The van der Waals surface area contributed by atoms with Crippen molar-refractivity contribution in [2.75, 3.05) is 11.1 Å². The van der Waals surface area contributed by atoms with Gasteiger partial charge in [0.1, 0.15) is 10.6 Å². The van der Waals surface area contributed by atoms with Crippen molar-refractivity contribution in [3.63, 3.8) is 0 Å². The number of aryl methyl sites for hydroxylation is 1. The fourth-order valence-corrected chi connectivity index (χ4v) is 2.37. The molecule has 1 aromatic heterocycles. The highest BCUT2D eigenvalue weighted by atomic mass is 32.1. The highest BCUT2D eigenvalue weighted by Crippen LogP contribution is 2.25. The van der Waals surface area contributed by atoms with Gasteiger partial charge in [-0.15, -0.1) is 0 Å². The Balaban J connectivity index is 2.30. The Morgan fingerprint density at radius 2 is 2.05 bits per heavy atom. The lowest BCUT2D eigenvalue weighted by atomic mass is 10.1. The maximum absolute atomic E-state index is 12.0. The lowest BCUT2D eigenvalue weighted by Gasteiger charge is -2.06. The number of carboxylic acids is 1. The van der Waals surface area contributed by atoms with Gasteiger partial charge >= 0.3 is 5.97 Å². The highest BCUT2D eigenvalue weighted by Gasteiger charge is 2.20. The van der Waals surface area contributed by atoms with E-state index in [9.17, 15) is 9.59 Å². The van der Waals surface area contributed by atoms with E-state index in [1.54, 1.807) is 31.2 Å². The van der Waals surface area contributed by atoms with E-state index in [1.807, 2.05) is 0 Å². The zero-order chi connectivity index (χ0) is 14.0. The fraction of sp³-hybridized carbons (Fsp3) is 0.0833. The number of nitrogens with zero attached hydrogens (tertiary/aromatic N) is 1. The molecule has 0 aliphatic carbocycles. The standard InChI is InChI=1S/C12H11N3O3S/c1-6-9(12(17)18)11(19-15-6)14-10(16)7-4-2-3-5-8(7)13/h2-5H,13H2,1H3,(H,14,16)(H,17,18). The number of hydrogen-bond donors (Lipinski definition) is 3. The van der Waals surface area contributed by atoms with Crippen LogP contribution < -0.4 is 11.1 Å². The normalized spacial score (nSPS) is 10.2. The van der Waals surface area contributed by atoms with Crippen molar-refractivity contribution in [2.45, 2.75) is 6.92 Å². The molecule has 0 bridgehead atoms. The minimum Gasteiger partial charge on any atom is -0.478 e. The van der Waals surface area contributed by atoms with Crippen LogP contribution in [-0.4, -0.2) is 21.4 Å². The molecule has 2 rings (SSSR count). The third-order valence-electron chi connectivity index (χ3n) is 2.51. The maximum atomic E-state index is 12.0. The van der Waals surface area contributed by atoms with Crippen LogP contribution in [-0.2, 0) is 0 Å². The summed E-state index contributed by atoms with van der Waals surface area (Å²) in [6.45, 7) is 1.58. The Hall–Kier alpha value is -2.41. The van der Waals surface area contributed by atoms with Crippen molar-refractivity contribution in [3.05, 3.63) is 41.1 Å². The van der Waals surface area contributed by atoms with E-state index in [2.05, 4.69) is 9.69 Å². The molecule has 1 aromatic carbocycles. The van der Waals surface area contributed by atoms with Gasteiger partial charge in [-0.25, -0.2) is 4.79 Å². The molecule has 0 spiro atoms. The van der Waals surface area contributed by atoms with Crippen LogP contribution in [0.2, 0.25) is 0 Å². The molecule has 1 amide bonds. The van der Waals surface area contributed by atoms with Gasteiger partial charge in [0.25, 0.3) is 5.91 Å². The van der Waals surface area contributed by atoms with Crippen LogP contribution >= 0.6 is 11.5 Å². The minimum absolute atomic E-state index is 0.00727. The van der Waals surface area contributed by atoms with Gasteiger partial charge in [0.15, 0.2) is 0 Å². The summed E-state index contributed by atoms with van der Waals surface area (Å²) in [6.07, 6.45) is 0. The summed E-state index contributed by atoms with van der Waals surface area (Å²) in [5.41, 5.74) is 6.69. The number of nitrogen functional groups attached to an aromatic ring is 1. The largest absolute Gasteiger partial charge is 0.478 e. The quantitative estimate of drug-likeness (QED) is 0.744. The molecule has 0 aliphatic heterocycles. The summed E-state index contributed by atoms with van der Waals surface area (Å²) in [5.74, 6) is -1.58. The number of carboxylic acid groups (broad SMARTS) is 1. The number of nitrogens with one attached hydrogen (secondary N) is 1. The second-order valence-electron chi connectivity index (χ2n) is 3.82. The molecule has 2 aromatic rings. The van der Waals surface area contributed by atoms with Gasteiger partial charge in [-0.3, -0.25) is 4.79 Å². The smallest absolute Gasteiger partial charge is 0.340 e. The summed E-state index contributed by atoms with van der Waals surface area (Å²) in [6, 6.07) is 6.57. The summed E-state index contributed by atoms with van der Waals surface area (Å²) >= 11 is 0.930. The van der Waals surface area contributed by atoms with Crippen molar-refractivity contribution in [1.29, 1.82) is 0 Å². The van der Waals surface area contributed by atoms with Gasteiger partial charge in [0, 0.05) is 5.69 Å². The molecule has 0 saturated heterocycles. The van der Waals surface area contributed by atoms with Gasteiger partial charge < -0.3 is 16.2 Å². The first-order chi connectivity index (χ1) is 9.00. The zero-order valence-corrected chi connectivity index (χ0v) is 10.8. The fourth-order valence-electron chi connectivity index (χ4n) is 1.58. The first kappa shape index (κ1) is 13.0. The molecule has 7 heteroatoms. The predicted octanol–water partition coefficient (Wildman–Crippen LogP) is 1.98. The molecule has 0 radical (unpaired) electrons. The zero-order valence-electron chi connectivity index (χ0n) is 10.0. The summed E-state index contributed by atoms with van der Waals surface area (Å²) in [7, 11) is 0. The van der Waals surface area contributed by atoms with Gasteiger partial charge in [-0.1, -0.05) is 12.1 Å². The third kappa shape index (κ3) is 2.55. The number of benzene rings is 1. The van der Waals surface area contributed by atoms with Crippen LogP contribution in [0.15, 0.2) is 24.3 Å². The lowest BCUT2D eigenvalue weighted by Crippen LogP contribution is -2.15. The van der Waals surface area contributed by atoms with Crippen molar-refractivity contribution < 1.29 is 14.7 Å². The summed E-state index contributed by atoms with van der Waals surface area (Å²) < 4.78 is 3.92. The molecule has 4 N–H and O–H groups in total. The number of carbonyl (C=O) groups is 2. The Kier molecular flexibility index (Phi) is 3.48. The molecule has 0 aliphatic rings. The predicted molar refractivity (Wildman–Crippen MR) is 72.6 cm³/mol. The van der Waals surface area contributed by atoms with E-state index in [1.165, 1.54) is 0 Å². The Morgan fingerprint density at radius 3 is 2.68 bits per heavy atom. The number of anilines is 2. The van der Waals surface area contributed by atoms with E-state index in [4.69, 9.17) is 10.8 Å². The van der Waals surface area contributed by atoms with Gasteiger partial charge in [0.05, 0.1) is 11.3 Å². The summed E-state index contributed by atoms with van der Waals surface area (Å²) in [4.78, 5) is 23.1. The Bertz CT molecular complexity index is 651. The number of para-hydroxylation sites is 1. The van der Waals surface area contributed by atoms with E-state index >= 15 is 0 Å². The van der Waals surface area contributed by atoms with Crippen LogP contribution in [0.1, 0.15) is 26.4 Å². The monoisotopic (exact) mass is 277 g/mol. The average molecular weight is 277 g/mol. The van der Waals surface area contributed by atoms with E-state index in [0.717, 1.165) is 11.5 Å². The first-order valence-corrected chi connectivity index (χ1v) is 6.13. The van der Waals surface area contributed by atoms with Gasteiger partial charge in [-0.05, 0) is 30.6 Å². The number of hydrogen-bond acceptors (Lipinski definition) is 5. The van der Waals surface area contributed by atoms with Crippen LogP contribution in [0.3, 0.4) is 0 Å². The second-order valence-corrected chi connectivity index (χ2v) is 4.59. The molecule has 98 valence electrons.